The fourth-order valence-corrected chi connectivity index (χ4v) is 9.64. The van der Waals surface area contributed by atoms with Gasteiger partial charge in [0, 0.05) is 22.5 Å². The Kier molecular flexibility index (Phi) is 9.24. The summed E-state index contributed by atoms with van der Waals surface area (Å²) < 4.78 is 0. The van der Waals surface area contributed by atoms with Crippen molar-refractivity contribution in [2.75, 3.05) is 4.90 Å². The van der Waals surface area contributed by atoms with Gasteiger partial charge in [-0.25, -0.2) is 0 Å². The van der Waals surface area contributed by atoms with E-state index in [0.29, 0.717) is 0 Å². The predicted octanol–water partition coefficient (Wildman–Crippen LogP) is 17.0. The molecule has 0 amide bonds. The van der Waals surface area contributed by atoms with Crippen LogP contribution in [0.1, 0.15) is 25.0 Å². The first kappa shape index (κ1) is 37.3. The van der Waals surface area contributed by atoms with Crippen LogP contribution in [0, 0.1) is 0 Å². The second kappa shape index (κ2) is 15.4. The lowest BCUT2D eigenvalue weighted by molar-refractivity contribution is 0.660. The summed E-state index contributed by atoms with van der Waals surface area (Å²) in [5, 5.41) is 2.51. The van der Waals surface area contributed by atoms with Gasteiger partial charge in [-0.2, -0.15) is 0 Å². The molecule has 10 aromatic carbocycles. The predicted molar refractivity (Wildman–Crippen MR) is 263 cm³/mol. The maximum atomic E-state index is 2.41. The Balaban J connectivity index is 0.997. The van der Waals surface area contributed by atoms with Crippen LogP contribution in [0.5, 0.6) is 0 Å². The van der Waals surface area contributed by atoms with Gasteiger partial charge in [-0.3, -0.25) is 0 Å². The van der Waals surface area contributed by atoms with E-state index in [0.717, 1.165) is 17.1 Å². The lowest BCUT2D eigenvalue weighted by atomic mass is 9.81. The minimum absolute atomic E-state index is 0.0519. The molecule has 0 unspecified atom stereocenters. The highest BCUT2D eigenvalue weighted by Crippen LogP contribution is 2.50. The van der Waals surface area contributed by atoms with Crippen LogP contribution in [0.2, 0.25) is 0 Å². The summed E-state index contributed by atoms with van der Waals surface area (Å²) in [5.74, 6) is 0. The van der Waals surface area contributed by atoms with E-state index < -0.39 is 0 Å². The van der Waals surface area contributed by atoms with Crippen LogP contribution in [0.15, 0.2) is 237 Å². The van der Waals surface area contributed by atoms with Gasteiger partial charge in [-0.15, -0.1) is 0 Å². The van der Waals surface area contributed by atoms with E-state index in [-0.39, 0.29) is 5.41 Å². The maximum Gasteiger partial charge on any atom is 0.0467 e. The van der Waals surface area contributed by atoms with Gasteiger partial charge in [-0.1, -0.05) is 196 Å². The molecule has 1 nitrogen and oxygen atoms in total. The topological polar surface area (TPSA) is 3.24 Å². The maximum absolute atomic E-state index is 2.41. The van der Waals surface area contributed by atoms with Crippen LogP contribution in [0.25, 0.3) is 77.5 Å². The molecule has 294 valence electrons. The molecule has 0 heterocycles. The molecule has 0 saturated carbocycles. The van der Waals surface area contributed by atoms with E-state index in [9.17, 15) is 0 Å². The van der Waals surface area contributed by atoms with Gasteiger partial charge in [0.2, 0.25) is 0 Å². The molecule has 0 fully saturated rings. The summed E-state index contributed by atoms with van der Waals surface area (Å²) in [6.45, 7) is 4.70. The summed E-state index contributed by atoms with van der Waals surface area (Å²) >= 11 is 0. The molecule has 0 spiro atoms. The lowest BCUT2D eigenvalue weighted by Crippen LogP contribution is -2.14. The molecule has 0 aliphatic heterocycles. The molecule has 0 aromatic heterocycles. The van der Waals surface area contributed by atoms with Gasteiger partial charge in [-0.05, 0) is 143 Å². The molecule has 1 heteroatoms. The van der Waals surface area contributed by atoms with Crippen molar-refractivity contribution >= 4 is 27.8 Å². The van der Waals surface area contributed by atoms with E-state index in [4.69, 9.17) is 0 Å². The Morgan fingerprint density at radius 3 is 1.45 bits per heavy atom. The number of hydrogen-bond donors (Lipinski definition) is 0. The third-order valence-corrected chi connectivity index (χ3v) is 12.9. The van der Waals surface area contributed by atoms with E-state index in [1.807, 2.05) is 0 Å². The van der Waals surface area contributed by atoms with Crippen molar-refractivity contribution in [3.05, 3.63) is 248 Å². The highest BCUT2D eigenvalue weighted by Gasteiger charge is 2.35. The summed E-state index contributed by atoms with van der Waals surface area (Å²) in [5.41, 5.74) is 20.7. The molecule has 0 radical (unpaired) electrons. The van der Waals surface area contributed by atoms with Crippen molar-refractivity contribution in [2.45, 2.75) is 19.3 Å². The smallest absolute Gasteiger partial charge is 0.0467 e. The van der Waals surface area contributed by atoms with Crippen LogP contribution in [0.4, 0.5) is 17.1 Å². The SMILES string of the molecule is CC1(C)c2ccccc2-c2ccc(-c3ccc(N(c4cccc(-c5cccc(-c6ccccc6)c5)c4)c4cccc(-c5cccc(-c6cccc7ccccc67)c5)c4)cc3)cc21. The van der Waals surface area contributed by atoms with Crippen molar-refractivity contribution in [2.24, 2.45) is 0 Å². The quantitative estimate of drug-likeness (QED) is 0.148. The highest BCUT2D eigenvalue weighted by atomic mass is 15.1. The lowest BCUT2D eigenvalue weighted by Gasteiger charge is -2.27. The molecule has 0 N–H and O–H groups in total. The van der Waals surface area contributed by atoms with Crippen LogP contribution >= 0.6 is 0 Å². The summed E-state index contributed by atoms with van der Waals surface area (Å²) in [4.78, 5) is 2.40. The first-order valence-corrected chi connectivity index (χ1v) is 21.6. The van der Waals surface area contributed by atoms with Crippen LogP contribution in [0.3, 0.4) is 0 Å². The molecule has 1 aliphatic rings. The van der Waals surface area contributed by atoms with Gasteiger partial charge < -0.3 is 4.90 Å². The number of nitrogens with zero attached hydrogens (tertiary/aromatic N) is 1. The standard InChI is InChI=1S/C61H45N/c1-61(2)59-30-9-8-28-57(59)58-36-33-50(41-60(58)61)43-31-34-52(35-32-43)62(53-25-12-22-48(39-53)46-20-10-19-45(37-46)42-15-4-3-5-16-42)54-26-13-23-49(40-54)47-21-11-24-51(38-47)56-29-14-18-44-17-6-7-27-55(44)56/h3-41H,1-2H3. The Labute approximate surface area is 364 Å². The van der Waals surface area contributed by atoms with Crippen molar-refractivity contribution in [1.29, 1.82) is 0 Å². The van der Waals surface area contributed by atoms with E-state index in [1.54, 1.807) is 0 Å². The van der Waals surface area contributed by atoms with Crippen molar-refractivity contribution < 1.29 is 0 Å². The normalized spacial score (nSPS) is 12.5. The minimum Gasteiger partial charge on any atom is -0.310 e. The zero-order valence-electron chi connectivity index (χ0n) is 35.0. The molecular weight excluding hydrogens is 747 g/mol. The number of hydrogen-bond acceptors (Lipinski definition) is 1. The molecule has 1 aliphatic carbocycles. The number of benzene rings is 10. The molecule has 0 bridgehead atoms. The number of anilines is 3. The van der Waals surface area contributed by atoms with Crippen LogP contribution in [-0.4, -0.2) is 0 Å². The zero-order chi connectivity index (χ0) is 41.6. The summed E-state index contributed by atoms with van der Waals surface area (Å²) in [7, 11) is 0. The largest absolute Gasteiger partial charge is 0.310 e. The fraction of sp³-hybridized carbons (Fsp3) is 0.0492. The Morgan fingerprint density at radius 1 is 0.274 bits per heavy atom. The number of fused-ring (bicyclic) bond motifs is 4. The third kappa shape index (κ3) is 6.69. The van der Waals surface area contributed by atoms with Gasteiger partial charge >= 0.3 is 0 Å². The highest BCUT2D eigenvalue weighted by molar-refractivity contribution is 5.97. The Morgan fingerprint density at radius 2 is 0.726 bits per heavy atom. The second-order valence-electron chi connectivity index (χ2n) is 17.0. The first-order chi connectivity index (χ1) is 30.5. The number of rotatable bonds is 8. The van der Waals surface area contributed by atoms with Crippen molar-refractivity contribution in [3.8, 4) is 66.8 Å². The fourth-order valence-electron chi connectivity index (χ4n) is 9.64. The Bertz CT molecular complexity index is 3260. The third-order valence-electron chi connectivity index (χ3n) is 12.9. The summed E-state index contributed by atoms with van der Waals surface area (Å²) in [6, 6.07) is 86.6. The van der Waals surface area contributed by atoms with Gasteiger partial charge in [0.05, 0.1) is 0 Å². The van der Waals surface area contributed by atoms with Crippen LogP contribution in [-0.2, 0) is 5.41 Å². The Hall–Kier alpha value is -7.74. The first-order valence-electron chi connectivity index (χ1n) is 21.6. The summed E-state index contributed by atoms with van der Waals surface area (Å²) in [6.07, 6.45) is 0. The second-order valence-corrected chi connectivity index (χ2v) is 17.0. The van der Waals surface area contributed by atoms with Crippen LogP contribution < -0.4 is 4.90 Å². The minimum atomic E-state index is -0.0519. The van der Waals surface area contributed by atoms with E-state index >= 15 is 0 Å². The molecule has 11 rings (SSSR count). The van der Waals surface area contributed by atoms with Crippen molar-refractivity contribution in [1.82, 2.24) is 0 Å². The van der Waals surface area contributed by atoms with Gasteiger partial charge in [0.1, 0.15) is 0 Å². The van der Waals surface area contributed by atoms with E-state index in [1.165, 1.54) is 88.7 Å². The average Bonchev–Trinajstić information content (AvgIpc) is 3.57. The monoisotopic (exact) mass is 791 g/mol. The van der Waals surface area contributed by atoms with E-state index in [2.05, 4.69) is 255 Å². The average molecular weight is 792 g/mol. The van der Waals surface area contributed by atoms with Gasteiger partial charge in [0.25, 0.3) is 0 Å². The zero-order valence-corrected chi connectivity index (χ0v) is 35.0. The molecule has 62 heavy (non-hydrogen) atoms. The molecular formula is C61H45N. The molecule has 10 aromatic rings. The molecule has 0 saturated heterocycles. The van der Waals surface area contributed by atoms with Crippen molar-refractivity contribution in [3.63, 3.8) is 0 Å². The molecule has 0 atom stereocenters. The van der Waals surface area contributed by atoms with Gasteiger partial charge in [0.15, 0.2) is 0 Å².